The van der Waals surface area contributed by atoms with Gasteiger partial charge in [0.1, 0.15) is 0 Å². The van der Waals surface area contributed by atoms with Crippen LogP contribution >= 0.6 is 0 Å². The number of aromatic nitrogens is 1. The quantitative estimate of drug-likeness (QED) is 0.801. The van der Waals surface area contributed by atoms with Gasteiger partial charge in [-0.1, -0.05) is 25.5 Å². The monoisotopic (exact) mass is 355 g/mol. The summed E-state index contributed by atoms with van der Waals surface area (Å²) in [5, 5.41) is 4.30. The Bertz CT molecular complexity index is 792. The summed E-state index contributed by atoms with van der Waals surface area (Å²) in [7, 11) is 0. The van der Waals surface area contributed by atoms with Crippen molar-refractivity contribution in [1.82, 2.24) is 15.2 Å². The minimum Gasteiger partial charge on any atom is -0.361 e. The second-order valence-electron chi connectivity index (χ2n) is 7.38. The predicted molar refractivity (Wildman–Crippen MR) is 104 cm³/mol. The summed E-state index contributed by atoms with van der Waals surface area (Å²) in [5.74, 6) is -0.101. The van der Waals surface area contributed by atoms with Crippen molar-refractivity contribution in [2.75, 3.05) is 13.1 Å². The number of aryl methyl sites for hydroxylation is 1. The molecule has 1 aromatic carbocycles. The first-order valence-corrected chi connectivity index (χ1v) is 9.66. The van der Waals surface area contributed by atoms with Crippen LogP contribution in [0.15, 0.2) is 24.4 Å². The maximum atomic E-state index is 12.4. The lowest BCUT2D eigenvalue weighted by atomic mass is 10.1. The number of aromatic amines is 1. The second kappa shape index (κ2) is 7.94. The number of H-pyrrole nitrogens is 1. The molecule has 140 valence electrons. The number of nitrogens with one attached hydrogen (secondary N) is 2. The van der Waals surface area contributed by atoms with Gasteiger partial charge in [0.15, 0.2) is 0 Å². The highest BCUT2D eigenvalue weighted by Crippen LogP contribution is 2.23. The van der Waals surface area contributed by atoms with Crippen molar-refractivity contribution in [2.24, 2.45) is 5.92 Å². The van der Waals surface area contributed by atoms with E-state index in [2.05, 4.69) is 49.3 Å². The molecule has 2 heterocycles. The van der Waals surface area contributed by atoms with Gasteiger partial charge in [-0.15, -0.1) is 0 Å². The predicted octanol–water partition coefficient (Wildman–Crippen LogP) is 3.17. The molecule has 0 spiro atoms. The maximum Gasteiger partial charge on any atom is 0.225 e. The smallest absolute Gasteiger partial charge is 0.225 e. The van der Waals surface area contributed by atoms with E-state index in [-0.39, 0.29) is 23.8 Å². The van der Waals surface area contributed by atoms with E-state index in [1.807, 2.05) is 11.1 Å². The Labute approximate surface area is 155 Å². The first-order valence-electron chi connectivity index (χ1n) is 9.66. The van der Waals surface area contributed by atoms with Gasteiger partial charge in [-0.2, -0.15) is 0 Å². The second-order valence-corrected chi connectivity index (χ2v) is 7.38. The number of rotatable bonds is 7. The van der Waals surface area contributed by atoms with Crippen molar-refractivity contribution in [3.63, 3.8) is 0 Å². The van der Waals surface area contributed by atoms with Crippen LogP contribution in [0.25, 0.3) is 10.9 Å². The molecule has 1 aliphatic heterocycles. The number of hydrogen-bond acceptors (Lipinski definition) is 2. The van der Waals surface area contributed by atoms with Gasteiger partial charge < -0.3 is 15.2 Å². The molecule has 2 N–H and O–H groups in total. The minimum atomic E-state index is -0.215. The van der Waals surface area contributed by atoms with Gasteiger partial charge in [-0.25, -0.2) is 0 Å². The summed E-state index contributed by atoms with van der Waals surface area (Å²) in [6.45, 7) is 7.43. The average molecular weight is 355 g/mol. The van der Waals surface area contributed by atoms with Crippen LogP contribution in [0.3, 0.4) is 0 Å². The first kappa shape index (κ1) is 18.5. The molecule has 1 fully saturated rings. The molecule has 1 aliphatic rings. The van der Waals surface area contributed by atoms with E-state index in [1.165, 1.54) is 16.5 Å². The van der Waals surface area contributed by atoms with E-state index in [1.54, 1.807) is 0 Å². The third kappa shape index (κ3) is 3.92. The zero-order chi connectivity index (χ0) is 18.7. The fourth-order valence-corrected chi connectivity index (χ4v) is 3.73. The van der Waals surface area contributed by atoms with E-state index >= 15 is 0 Å². The molecule has 1 saturated heterocycles. The van der Waals surface area contributed by atoms with Crippen LogP contribution in [-0.4, -0.2) is 40.8 Å². The molecule has 0 radical (unpaired) electrons. The van der Waals surface area contributed by atoms with Crippen molar-refractivity contribution in [3.05, 3.63) is 35.5 Å². The zero-order valence-electron chi connectivity index (χ0n) is 16.0. The third-order valence-corrected chi connectivity index (χ3v) is 5.49. The normalized spacial score (nSPS) is 17.5. The molecule has 5 heteroatoms. The summed E-state index contributed by atoms with van der Waals surface area (Å²) >= 11 is 0. The molecule has 2 aromatic rings. The molecule has 26 heavy (non-hydrogen) atoms. The standard InChI is InChI=1S/C21H29N3O2/c1-4-17(5-2)23-21(26)16-11-20(25)24(13-16)9-8-15-12-22-19-7-6-14(3)10-18(15)19/h6-7,10,12,16-17,22H,4-5,8-9,11,13H2,1-3H3,(H,23,26)/t16-/m1/s1. The number of fused-ring (bicyclic) bond motifs is 1. The number of hydrogen-bond donors (Lipinski definition) is 2. The van der Waals surface area contributed by atoms with Gasteiger partial charge in [0.05, 0.1) is 5.92 Å². The van der Waals surface area contributed by atoms with Crippen LogP contribution in [-0.2, 0) is 16.0 Å². The Balaban J connectivity index is 1.59. The lowest BCUT2D eigenvalue weighted by Crippen LogP contribution is -2.39. The highest BCUT2D eigenvalue weighted by molar-refractivity contribution is 5.89. The lowest BCUT2D eigenvalue weighted by molar-refractivity contribution is -0.129. The molecule has 5 nitrogen and oxygen atoms in total. The molecule has 1 atom stereocenters. The van der Waals surface area contributed by atoms with Gasteiger partial charge in [0, 0.05) is 42.7 Å². The van der Waals surface area contributed by atoms with Gasteiger partial charge in [-0.05, 0) is 43.9 Å². The van der Waals surface area contributed by atoms with E-state index < -0.39 is 0 Å². The maximum absolute atomic E-state index is 12.4. The number of carbonyl (C=O) groups excluding carboxylic acids is 2. The van der Waals surface area contributed by atoms with Crippen LogP contribution in [0, 0.1) is 12.8 Å². The molecular formula is C21H29N3O2. The lowest BCUT2D eigenvalue weighted by Gasteiger charge is -2.19. The molecular weight excluding hydrogens is 326 g/mol. The van der Waals surface area contributed by atoms with Crippen LogP contribution in [0.1, 0.15) is 44.2 Å². The number of amides is 2. The van der Waals surface area contributed by atoms with Crippen LogP contribution < -0.4 is 5.32 Å². The summed E-state index contributed by atoms with van der Waals surface area (Å²) < 4.78 is 0. The fourth-order valence-electron chi connectivity index (χ4n) is 3.73. The molecule has 0 aliphatic carbocycles. The summed E-state index contributed by atoms with van der Waals surface area (Å²) in [5.41, 5.74) is 3.58. The summed E-state index contributed by atoms with van der Waals surface area (Å²) in [4.78, 5) is 29.9. The number of likely N-dealkylation sites (tertiary alicyclic amines) is 1. The highest BCUT2D eigenvalue weighted by Gasteiger charge is 2.34. The van der Waals surface area contributed by atoms with Crippen LogP contribution in [0.4, 0.5) is 0 Å². The van der Waals surface area contributed by atoms with Crippen molar-refractivity contribution < 1.29 is 9.59 Å². The fraction of sp³-hybridized carbons (Fsp3) is 0.524. The van der Waals surface area contributed by atoms with Gasteiger partial charge in [0.2, 0.25) is 11.8 Å². The molecule has 0 bridgehead atoms. The van der Waals surface area contributed by atoms with E-state index in [0.717, 1.165) is 24.8 Å². The Hall–Kier alpha value is -2.30. The minimum absolute atomic E-state index is 0.0252. The summed E-state index contributed by atoms with van der Waals surface area (Å²) in [6, 6.07) is 6.57. The largest absolute Gasteiger partial charge is 0.361 e. The topological polar surface area (TPSA) is 65.2 Å². The Morgan fingerprint density at radius 3 is 2.85 bits per heavy atom. The Kier molecular flexibility index (Phi) is 5.64. The van der Waals surface area contributed by atoms with Crippen LogP contribution in [0.5, 0.6) is 0 Å². The summed E-state index contributed by atoms with van der Waals surface area (Å²) in [6.07, 6.45) is 5.01. The van der Waals surface area contributed by atoms with Crippen molar-refractivity contribution >= 4 is 22.7 Å². The number of carbonyl (C=O) groups is 2. The van der Waals surface area contributed by atoms with Gasteiger partial charge in [-0.3, -0.25) is 9.59 Å². The first-order chi connectivity index (χ1) is 12.5. The van der Waals surface area contributed by atoms with E-state index in [0.29, 0.717) is 19.5 Å². The third-order valence-electron chi connectivity index (χ3n) is 5.49. The van der Waals surface area contributed by atoms with Crippen molar-refractivity contribution in [1.29, 1.82) is 0 Å². The van der Waals surface area contributed by atoms with Crippen molar-refractivity contribution in [3.8, 4) is 0 Å². The molecule has 1 aromatic heterocycles. The number of nitrogens with zero attached hydrogens (tertiary/aromatic N) is 1. The number of benzene rings is 1. The Morgan fingerprint density at radius 2 is 2.12 bits per heavy atom. The highest BCUT2D eigenvalue weighted by atomic mass is 16.2. The van der Waals surface area contributed by atoms with Gasteiger partial charge in [0.25, 0.3) is 0 Å². The van der Waals surface area contributed by atoms with E-state index in [9.17, 15) is 9.59 Å². The van der Waals surface area contributed by atoms with Crippen molar-refractivity contribution in [2.45, 2.75) is 52.5 Å². The molecule has 0 saturated carbocycles. The van der Waals surface area contributed by atoms with Gasteiger partial charge >= 0.3 is 0 Å². The Morgan fingerprint density at radius 1 is 1.35 bits per heavy atom. The van der Waals surface area contributed by atoms with Crippen LogP contribution in [0.2, 0.25) is 0 Å². The molecule has 2 amide bonds. The van der Waals surface area contributed by atoms with E-state index in [4.69, 9.17) is 0 Å². The zero-order valence-corrected chi connectivity index (χ0v) is 16.0. The average Bonchev–Trinajstić information content (AvgIpc) is 3.20. The molecule has 0 unspecified atom stereocenters. The molecule has 3 rings (SSSR count). The SMILES string of the molecule is CCC(CC)NC(=O)[C@@H]1CC(=O)N(CCc2c[nH]c3ccc(C)cc23)C1.